The molecule has 1 nitrogen and oxygen atoms in total. The fraction of sp³-hybridized carbons (Fsp3) is 0.200. The molecule has 0 saturated heterocycles. The van der Waals surface area contributed by atoms with E-state index in [4.69, 9.17) is 4.74 Å². The summed E-state index contributed by atoms with van der Waals surface area (Å²) in [5.41, 5.74) is 3.54. The second-order valence-electron chi connectivity index (χ2n) is 3.72. The Hall–Kier alpha value is -1.76. The first-order valence-electron chi connectivity index (χ1n) is 5.31. The van der Waals surface area contributed by atoms with Crippen LogP contribution in [0.3, 0.4) is 0 Å². The number of benzene rings is 1. The van der Waals surface area contributed by atoms with Gasteiger partial charge in [0.25, 0.3) is 0 Å². The molecule has 0 unspecified atom stereocenters. The Balaban J connectivity index is 2.67. The van der Waals surface area contributed by atoms with Gasteiger partial charge in [-0.3, -0.25) is 0 Å². The van der Waals surface area contributed by atoms with E-state index in [0.717, 1.165) is 11.3 Å². The second-order valence-corrected chi connectivity index (χ2v) is 3.72. The van der Waals surface area contributed by atoms with Crippen molar-refractivity contribution < 1.29 is 4.74 Å². The van der Waals surface area contributed by atoms with E-state index in [2.05, 4.69) is 33.1 Å². The predicted octanol–water partition coefficient (Wildman–Crippen LogP) is 3.98. The first kappa shape index (κ1) is 12.3. The van der Waals surface area contributed by atoms with Crippen LogP contribution in [0.4, 0.5) is 0 Å². The van der Waals surface area contributed by atoms with E-state index in [-0.39, 0.29) is 0 Å². The SMILES string of the molecule is C=C/C=C(\C=C)COc1ccc(C)c(C)c1. The van der Waals surface area contributed by atoms with Gasteiger partial charge < -0.3 is 4.74 Å². The molecule has 1 aromatic carbocycles. The molecule has 0 amide bonds. The van der Waals surface area contributed by atoms with Gasteiger partial charge in [0.1, 0.15) is 12.4 Å². The number of hydrogen-bond donors (Lipinski definition) is 0. The van der Waals surface area contributed by atoms with Gasteiger partial charge in [0.15, 0.2) is 0 Å². The molecule has 1 heteroatoms. The number of hydrogen-bond acceptors (Lipinski definition) is 1. The summed E-state index contributed by atoms with van der Waals surface area (Å²) in [6, 6.07) is 6.09. The van der Waals surface area contributed by atoms with E-state index in [0.29, 0.717) is 6.61 Å². The van der Waals surface area contributed by atoms with Crippen molar-refractivity contribution >= 4 is 0 Å². The van der Waals surface area contributed by atoms with Gasteiger partial charge in [-0.05, 0) is 42.7 Å². The summed E-state index contributed by atoms with van der Waals surface area (Å²) in [7, 11) is 0. The van der Waals surface area contributed by atoms with E-state index in [1.54, 1.807) is 12.2 Å². The van der Waals surface area contributed by atoms with Crippen molar-refractivity contribution in [3.63, 3.8) is 0 Å². The first-order chi connectivity index (χ1) is 7.67. The normalized spacial score (nSPS) is 11.0. The Morgan fingerprint density at radius 2 is 2.00 bits per heavy atom. The van der Waals surface area contributed by atoms with Crippen LogP contribution in [0.25, 0.3) is 0 Å². The van der Waals surface area contributed by atoms with Gasteiger partial charge in [0, 0.05) is 0 Å². The molecule has 0 aliphatic heterocycles. The molecular weight excluding hydrogens is 196 g/mol. The van der Waals surface area contributed by atoms with E-state index in [1.165, 1.54) is 11.1 Å². The van der Waals surface area contributed by atoms with Crippen molar-refractivity contribution in [2.45, 2.75) is 13.8 Å². The highest BCUT2D eigenvalue weighted by Crippen LogP contribution is 2.17. The third-order valence-corrected chi connectivity index (χ3v) is 2.48. The maximum Gasteiger partial charge on any atom is 0.120 e. The van der Waals surface area contributed by atoms with Crippen LogP contribution in [0, 0.1) is 13.8 Å². The van der Waals surface area contributed by atoms with Crippen LogP contribution in [-0.2, 0) is 0 Å². The lowest BCUT2D eigenvalue weighted by Gasteiger charge is -2.08. The predicted molar refractivity (Wildman–Crippen MR) is 69.9 cm³/mol. The van der Waals surface area contributed by atoms with Crippen molar-refractivity contribution in [2.24, 2.45) is 0 Å². The average Bonchev–Trinajstić information content (AvgIpc) is 2.28. The fourth-order valence-corrected chi connectivity index (χ4v) is 1.30. The zero-order chi connectivity index (χ0) is 12.0. The van der Waals surface area contributed by atoms with Gasteiger partial charge in [0.05, 0.1) is 0 Å². The van der Waals surface area contributed by atoms with Crippen LogP contribution in [0.2, 0.25) is 0 Å². The van der Waals surface area contributed by atoms with Gasteiger partial charge in [0.2, 0.25) is 0 Å². The standard InChI is InChI=1S/C15H18O/c1-5-7-14(6-2)11-16-15-9-8-12(3)13(4)10-15/h5-10H,1-2,11H2,3-4H3/b14-7+. The Morgan fingerprint density at radius 1 is 1.25 bits per heavy atom. The molecule has 0 fully saturated rings. The van der Waals surface area contributed by atoms with Gasteiger partial charge in [-0.25, -0.2) is 0 Å². The summed E-state index contributed by atoms with van der Waals surface area (Å²) >= 11 is 0. The van der Waals surface area contributed by atoms with Crippen LogP contribution in [0.1, 0.15) is 11.1 Å². The summed E-state index contributed by atoms with van der Waals surface area (Å²) < 4.78 is 5.66. The minimum atomic E-state index is 0.526. The molecule has 16 heavy (non-hydrogen) atoms. The van der Waals surface area contributed by atoms with Crippen LogP contribution in [0.5, 0.6) is 5.75 Å². The lowest BCUT2D eigenvalue weighted by Crippen LogP contribution is -1.99. The molecule has 0 bridgehead atoms. The van der Waals surface area contributed by atoms with Gasteiger partial charge in [-0.1, -0.05) is 37.5 Å². The average molecular weight is 214 g/mol. The summed E-state index contributed by atoms with van der Waals surface area (Å²) in [4.78, 5) is 0. The van der Waals surface area contributed by atoms with Gasteiger partial charge >= 0.3 is 0 Å². The number of rotatable bonds is 5. The fourth-order valence-electron chi connectivity index (χ4n) is 1.30. The Kier molecular flexibility index (Phi) is 4.59. The van der Waals surface area contributed by atoms with Crippen molar-refractivity contribution in [3.8, 4) is 5.75 Å². The van der Waals surface area contributed by atoms with Gasteiger partial charge in [-0.2, -0.15) is 0 Å². The molecule has 84 valence electrons. The van der Waals surface area contributed by atoms with Crippen LogP contribution >= 0.6 is 0 Å². The molecular formula is C15H18O. The van der Waals surface area contributed by atoms with Crippen LogP contribution < -0.4 is 4.74 Å². The highest BCUT2D eigenvalue weighted by atomic mass is 16.5. The minimum Gasteiger partial charge on any atom is -0.489 e. The molecule has 0 aliphatic carbocycles. The molecule has 0 aromatic heterocycles. The zero-order valence-corrected chi connectivity index (χ0v) is 9.99. The summed E-state index contributed by atoms with van der Waals surface area (Å²) in [5.74, 6) is 0.889. The lowest BCUT2D eigenvalue weighted by atomic mass is 10.1. The zero-order valence-electron chi connectivity index (χ0n) is 9.99. The summed E-state index contributed by atoms with van der Waals surface area (Å²) in [6.45, 7) is 12.1. The summed E-state index contributed by atoms with van der Waals surface area (Å²) in [5, 5.41) is 0. The van der Waals surface area contributed by atoms with E-state index < -0.39 is 0 Å². The monoisotopic (exact) mass is 214 g/mol. The van der Waals surface area contributed by atoms with Crippen molar-refractivity contribution in [3.05, 3.63) is 66.3 Å². The molecule has 0 N–H and O–H groups in total. The van der Waals surface area contributed by atoms with Gasteiger partial charge in [-0.15, -0.1) is 0 Å². The smallest absolute Gasteiger partial charge is 0.120 e. The maximum atomic E-state index is 5.66. The topological polar surface area (TPSA) is 9.23 Å². The van der Waals surface area contributed by atoms with Crippen LogP contribution in [0.15, 0.2) is 55.2 Å². The third kappa shape index (κ3) is 3.43. The molecule has 1 rings (SSSR count). The molecule has 0 heterocycles. The highest BCUT2D eigenvalue weighted by molar-refractivity contribution is 5.34. The maximum absolute atomic E-state index is 5.66. The minimum absolute atomic E-state index is 0.526. The second kappa shape index (κ2) is 5.96. The quantitative estimate of drug-likeness (QED) is 0.674. The third-order valence-electron chi connectivity index (χ3n) is 2.48. The molecule has 0 saturated carbocycles. The Labute approximate surface area is 97.8 Å². The summed E-state index contributed by atoms with van der Waals surface area (Å²) in [6.07, 6.45) is 5.41. The highest BCUT2D eigenvalue weighted by Gasteiger charge is 1.98. The largest absolute Gasteiger partial charge is 0.489 e. The van der Waals surface area contributed by atoms with Crippen molar-refractivity contribution in [1.82, 2.24) is 0 Å². The van der Waals surface area contributed by atoms with E-state index in [9.17, 15) is 0 Å². The number of allylic oxidation sites excluding steroid dienone is 2. The molecule has 0 spiro atoms. The van der Waals surface area contributed by atoms with E-state index >= 15 is 0 Å². The van der Waals surface area contributed by atoms with E-state index in [1.807, 2.05) is 18.2 Å². The molecule has 1 aromatic rings. The first-order valence-corrected chi connectivity index (χ1v) is 5.31. The van der Waals surface area contributed by atoms with Crippen LogP contribution in [-0.4, -0.2) is 6.61 Å². The van der Waals surface area contributed by atoms with Crippen molar-refractivity contribution in [2.75, 3.05) is 6.61 Å². The molecule has 0 atom stereocenters. The Morgan fingerprint density at radius 3 is 2.56 bits per heavy atom. The number of ether oxygens (including phenoxy) is 1. The Bertz CT molecular complexity index is 413. The van der Waals surface area contributed by atoms with Crippen molar-refractivity contribution in [1.29, 1.82) is 0 Å². The number of aryl methyl sites for hydroxylation is 2. The molecule has 0 radical (unpaired) electrons. The molecule has 0 aliphatic rings. The lowest BCUT2D eigenvalue weighted by molar-refractivity contribution is 0.355.